The number of fused-ring (bicyclic) bond motifs is 1. The van der Waals surface area contributed by atoms with Crippen molar-refractivity contribution < 1.29 is 9.59 Å². The molecule has 1 aliphatic rings. The number of aryl methyl sites for hydroxylation is 2. The highest BCUT2D eigenvalue weighted by Crippen LogP contribution is 2.36. The van der Waals surface area contributed by atoms with Gasteiger partial charge in [-0.15, -0.1) is 0 Å². The summed E-state index contributed by atoms with van der Waals surface area (Å²) >= 11 is 0. The van der Waals surface area contributed by atoms with Crippen LogP contribution >= 0.6 is 0 Å². The molecule has 0 saturated carbocycles. The van der Waals surface area contributed by atoms with Crippen molar-refractivity contribution in [1.82, 2.24) is 0 Å². The normalized spacial score (nSPS) is 12.8. The van der Waals surface area contributed by atoms with Crippen molar-refractivity contribution >= 4 is 23.2 Å². The Morgan fingerprint density at radius 1 is 1.12 bits per heavy atom. The van der Waals surface area contributed by atoms with Gasteiger partial charge in [-0.05, 0) is 37.0 Å². The predicted molar refractivity (Wildman–Crippen MR) is 96.3 cm³/mol. The van der Waals surface area contributed by atoms with Crippen molar-refractivity contribution in [2.75, 3.05) is 16.8 Å². The van der Waals surface area contributed by atoms with E-state index in [4.69, 9.17) is 0 Å². The first kappa shape index (κ1) is 16.2. The quantitative estimate of drug-likeness (QED) is 0.937. The molecule has 3 rings (SSSR count). The van der Waals surface area contributed by atoms with Gasteiger partial charge in [0.15, 0.2) is 0 Å². The maximum Gasteiger partial charge on any atom is 0.227 e. The highest BCUT2D eigenvalue weighted by Gasteiger charge is 2.27. The Morgan fingerprint density at radius 3 is 2.58 bits per heavy atom. The summed E-state index contributed by atoms with van der Waals surface area (Å²) in [5.74, 6) is -0.0190. The number of hydrogen-bond acceptors (Lipinski definition) is 2. The van der Waals surface area contributed by atoms with Gasteiger partial charge in [-0.25, -0.2) is 0 Å². The van der Waals surface area contributed by atoms with Crippen LogP contribution in [0.1, 0.15) is 30.0 Å². The summed E-state index contributed by atoms with van der Waals surface area (Å²) in [6.07, 6.45) is 2.03. The number of rotatable bonds is 4. The zero-order valence-electron chi connectivity index (χ0n) is 14.1. The SMILES string of the molecule is CC(=O)Nc1cccc2c1N(C(=O)CCc1ccc(C)cc1)CC2. The lowest BCUT2D eigenvalue weighted by atomic mass is 10.1. The van der Waals surface area contributed by atoms with Crippen LogP contribution in [0.15, 0.2) is 42.5 Å². The van der Waals surface area contributed by atoms with Gasteiger partial charge in [-0.1, -0.05) is 42.0 Å². The van der Waals surface area contributed by atoms with Gasteiger partial charge in [0.1, 0.15) is 0 Å². The van der Waals surface area contributed by atoms with Crippen LogP contribution in [0.4, 0.5) is 11.4 Å². The number of anilines is 2. The minimum absolute atomic E-state index is 0.104. The molecule has 1 aliphatic heterocycles. The number of carbonyl (C=O) groups excluding carboxylic acids is 2. The van der Waals surface area contributed by atoms with E-state index in [-0.39, 0.29) is 11.8 Å². The van der Waals surface area contributed by atoms with Crippen LogP contribution in [0.3, 0.4) is 0 Å². The standard InChI is InChI=1S/C20H22N2O2/c1-14-6-8-16(9-7-14)10-11-19(24)22-13-12-17-4-3-5-18(20(17)22)21-15(2)23/h3-9H,10-13H2,1-2H3,(H,21,23). The summed E-state index contributed by atoms with van der Waals surface area (Å²) in [5.41, 5.74) is 5.09. The number of amides is 2. The summed E-state index contributed by atoms with van der Waals surface area (Å²) in [5, 5.41) is 2.84. The largest absolute Gasteiger partial charge is 0.325 e. The van der Waals surface area contributed by atoms with Gasteiger partial charge in [0, 0.05) is 19.9 Å². The second-order valence-electron chi connectivity index (χ2n) is 6.28. The highest BCUT2D eigenvalue weighted by molar-refractivity contribution is 6.02. The van der Waals surface area contributed by atoms with E-state index in [0.29, 0.717) is 13.0 Å². The number of carbonyl (C=O) groups is 2. The van der Waals surface area contributed by atoms with E-state index in [1.54, 1.807) is 0 Å². The first-order valence-electron chi connectivity index (χ1n) is 8.30. The summed E-state index contributed by atoms with van der Waals surface area (Å²) in [7, 11) is 0. The molecule has 2 aromatic rings. The van der Waals surface area contributed by atoms with Crippen molar-refractivity contribution in [3.8, 4) is 0 Å². The van der Waals surface area contributed by atoms with Crippen molar-refractivity contribution in [3.63, 3.8) is 0 Å². The van der Waals surface area contributed by atoms with Gasteiger partial charge in [0.25, 0.3) is 0 Å². The molecule has 0 saturated heterocycles. The second-order valence-corrected chi connectivity index (χ2v) is 6.28. The molecule has 1 N–H and O–H groups in total. The molecule has 4 heteroatoms. The first-order chi connectivity index (χ1) is 11.5. The van der Waals surface area contributed by atoms with Crippen LogP contribution < -0.4 is 10.2 Å². The van der Waals surface area contributed by atoms with Gasteiger partial charge in [-0.3, -0.25) is 9.59 Å². The molecule has 0 atom stereocenters. The Kier molecular flexibility index (Phi) is 4.65. The maximum atomic E-state index is 12.7. The van der Waals surface area contributed by atoms with E-state index < -0.39 is 0 Å². The minimum Gasteiger partial charge on any atom is -0.325 e. The fraction of sp³-hybridized carbons (Fsp3) is 0.300. The van der Waals surface area contributed by atoms with Crippen molar-refractivity contribution in [2.24, 2.45) is 0 Å². The zero-order valence-corrected chi connectivity index (χ0v) is 14.1. The van der Waals surface area contributed by atoms with Crippen molar-refractivity contribution in [2.45, 2.75) is 33.1 Å². The molecule has 0 spiro atoms. The first-order valence-corrected chi connectivity index (χ1v) is 8.30. The van der Waals surface area contributed by atoms with E-state index in [0.717, 1.165) is 29.8 Å². The van der Waals surface area contributed by atoms with Crippen LogP contribution in [0.25, 0.3) is 0 Å². The molecular formula is C20H22N2O2. The number of hydrogen-bond donors (Lipinski definition) is 1. The van der Waals surface area contributed by atoms with E-state index >= 15 is 0 Å². The third kappa shape index (κ3) is 3.48. The highest BCUT2D eigenvalue weighted by atomic mass is 16.2. The zero-order chi connectivity index (χ0) is 17.1. The Balaban J connectivity index is 1.74. The molecule has 0 unspecified atom stereocenters. The second kappa shape index (κ2) is 6.87. The average molecular weight is 322 g/mol. The Morgan fingerprint density at radius 2 is 1.88 bits per heavy atom. The van der Waals surface area contributed by atoms with Gasteiger partial charge < -0.3 is 10.2 Å². The van der Waals surface area contributed by atoms with Gasteiger partial charge >= 0.3 is 0 Å². The minimum atomic E-state index is -0.123. The maximum absolute atomic E-state index is 12.7. The molecular weight excluding hydrogens is 300 g/mol. The molecule has 1 heterocycles. The fourth-order valence-electron chi connectivity index (χ4n) is 3.14. The number of para-hydroxylation sites is 1. The van der Waals surface area contributed by atoms with Crippen LogP contribution in [0.2, 0.25) is 0 Å². The number of benzene rings is 2. The van der Waals surface area contributed by atoms with E-state index in [2.05, 4.69) is 36.5 Å². The Hall–Kier alpha value is -2.62. The molecule has 24 heavy (non-hydrogen) atoms. The summed E-state index contributed by atoms with van der Waals surface area (Å²) in [4.78, 5) is 25.9. The van der Waals surface area contributed by atoms with Crippen LogP contribution in [-0.4, -0.2) is 18.4 Å². The Labute approximate surface area is 142 Å². The average Bonchev–Trinajstić information content (AvgIpc) is 2.99. The topological polar surface area (TPSA) is 49.4 Å². The van der Waals surface area contributed by atoms with Crippen LogP contribution in [0, 0.1) is 6.92 Å². The summed E-state index contributed by atoms with van der Waals surface area (Å²) < 4.78 is 0. The van der Waals surface area contributed by atoms with E-state index in [1.807, 2.05) is 23.1 Å². The van der Waals surface area contributed by atoms with Crippen molar-refractivity contribution in [1.29, 1.82) is 0 Å². The third-order valence-corrected chi connectivity index (χ3v) is 4.35. The number of nitrogens with zero attached hydrogens (tertiary/aromatic N) is 1. The van der Waals surface area contributed by atoms with E-state index in [9.17, 15) is 9.59 Å². The molecule has 0 aromatic heterocycles. The molecule has 0 fully saturated rings. The molecule has 0 bridgehead atoms. The smallest absolute Gasteiger partial charge is 0.227 e. The summed E-state index contributed by atoms with van der Waals surface area (Å²) in [6, 6.07) is 14.1. The third-order valence-electron chi connectivity index (χ3n) is 4.35. The van der Waals surface area contributed by atoms with Gasteiger partial charge in [0.2, 0.25) is 11.8 Å². The predicted octanol–water partition coefficient (Wildman–Crippen LogP) is 3.48. The monoisotopic (exact) mass is 322 g/mol. The lowest BCUT2D eigenvalue weighted by molar-refractivity contribution is -0.118. The fourth-order valence-corrected chi connectivity index (χ4v) is 3.14. The molecule has 0 radical (unpaired) electrons. The molecule has 124 valence electrons. The van der Waals surface area contributed by atoms with Gasteiger partial charge in [-0.2, -0.15) is 0 Å². The molecule has 4 nitrogen and oxygen atoms in total. The molecule has 2 amide bonds. The van der Waals surface area contributed by atoms with Crippen molar-refractivity contribution in [3.05, 3.63) is 59.2 Å². The molecule has 2 aromatic carbocycles. The lowest BCUT2D eigenvalue weighted by Gasteiger charge is -2.20. The van der Waals surface area contributed by atoms with Crippen LogP contribution in [0.5, 0.6) is 0 Å². The van der Waals surface area contributed by atoms with Crippen LogP contribution in [-0.2, 0) is 22.4 Å². The van der Waals surface area contributed by atoms with E-state index in [1.165, 1.54) is 18.1 Å². The summed E-state index contributed by atoms with van der Waals surface area (Å²) in [6.45, 7) is 4.22. The van der Waals surface area contributed by atoms with Gasteiger partial charge in [0.05, 0.1) is 11.4 Å². The number of nitrogens with one attached hydrogen (secondary N) is 1. The Bertz CT molecular complexity index is 766. The lowest BCUT2D eigenvalue weighted by Crippen LogP contribution is -2.30. The molecule has 0 aliphatic carbocycles.